The lowest BCUT2D eigenvalue weighted by Crippen LogP contribution is -3.04. The Morgan fingerprint density at radius 1 is 1.03 bits per heavy atom. The van der Waals surface area contributed by atoms with Crippen molar-refractivity contribution in [3.05, 3.63) is 71.3 Å². The van der Waals surface area contributed by atoms with Crippen molar-refractivity contribution in [1.82, 2.24) is 15.5 Å². The number of imide groups is 1. The van der Waals surface area contributed by atoms with Crippen molar-refractivity contribution in [2.24, 2.45) is 0 Å². The Morgan fingerprint density at radius 3 is 2.35 bits per heavy atom. The average Bonchev–Trinajstić information content (AvgIpc) is 2.95. The van der Waals surface area contributed by atoms with Crippen LogP contribution in [-0.2, 0) is 29.1 Å². The van der Waals surface area contributed by atoms with E-state index in [2.05, 4.69) is 24.7 Å². The monoisotopic (exact) mass is 423 g/mol. The summed E-state index contributed by atoms with van der Waals surface area (Å²) in [4.78, 5) is 40.1. The zero-order chi connectivity index (χ0) is 22.4. The van der Waals surface area contributed by atoms with Crippen LogP contribution in [0, 0.1) is 0 Å². The van der Waals surface area contributed by atoms with E-state index in [0.29, 0.717) is 19.4 Å². The number of quaternary nitrogens is 1. The van der Waals surface area contributed by atoms with Gasteiger partial charge in [0.1, 0.15) is 18.6 Å². The molecule has 1 aliphatic rings. The van der Waals surface area contributed by atoms with Crippen LogP contribution in [0.3, 0.4) is 0 Å². The maximum absolute atomic E-state index is 12.9. The zero-order valence-electron chi connectivity index (χ0n) is 18.4. The molecule has 2 aromatic rings. The van der Waals surface area contributed by atoms with Gasteiger partial charge in [0.25, 0.3) is 5.91 Å². The lowest BCUT2D eigenvalue weighted by molar-refractivity contribution is -0.872. The zero-order valence-corrected chi connectivity index (χ0v) is 18.4. The van der Waals surface area contributed by atoms with E-state index >= 15 is 0 Å². The van der Waals surface area contributed by atoms with Crippen LogP contribution in [0.2, 0.25) is 0 Å². The second-order valence-corrected chi connectivity index (χ2v) is 8.57. The van der Waals surface area contributed by atoms with Crippen LogP contribution in [0.15, 0.2) is 54.6 Å². The number of hydrogen-bond acceptors (Lipinski definition) is 3. The molecule has 0 aliphatic carbocycles. The first kappa shape index (κ1) is 22.5. The minimum absolute atomic E-state index is 0.285. The SMILES string of the molecule is C[NH+](C)Cc1ccccc1CNC(=O)CN1C(=O)N[C@@](C)(CCc2ccccc2)C1=O. The molecule has 31 heavy (non-hydrogen) atoms. The van der Waals surface area contributed by atoms with Crippen LogP contribution in [0.1, 0.15) is 30.0 Å². The Bertz CT molecular complexity index is 945. The molecule has 2 aromatic carbocycles. The Morgan fingerprint density at radius 2 is 1.68 bits per heavy atom. The van der Waals surface area contributed by atoms with Gasteiger partial charge in [0.15, 0.2) is 0 Å². The van der Waals surface area contributed by atoms with Crippen LogP contribution in [0.5, 0.6) is 0 Å². The molecule has 0 saturated carbocycles. The van der Waals surface area contributed by atoms with E-state index in [1.165, 1.54) is 4.90 Å². The largest absolute Gasteiger partial charge is 0.350 e. The first-order valence-electron chi connectivity index (χ1n) is 10.6. The fourth-order valence-electron chi connectivity index (χ4n) is 3.78. The minimum Gasteiger partial charge on any atom is -0.350 e. The molecule has 0 spiro atoms. The van der Waals surface area contributed by atoms with Crippen molar-refractivity contribution >= 4 is 17.8 Å². The van der Waals surface area contributed by atoms with Crippen LogP contribution in [-0.4, -0.2) is 48.9 Å². The van der Waals surface area contributed by atoms with Gasteiger partial charge in [-0.15, -0.1) is 0 Å². The van der Waals surface area contributed by atoms with Crippen molar-refractivity contribution in [2.75, 3.05) is 20.6 Å². The summed E-state index contributed by atoms with van der Waals surface area (Å²) in [5.74, 6) is -0.719. The third-order valence-corrected chi connectivity index (χ3v) is 5.54. The van der Waals surface area contributed by atoms with Crippen molar-refractivity contribution in [3.63, 3.8) is 0 Å². The Kier molecular flexibility index (Phi) is 7.07. The summed E-state index contributed by atoms with van der Waals surface area (Å²) >= 11 is 0. The molecule has 1 fully saturated rings. The van der Waals surface area contributed by atoms with Gasteiger partial charge in [-0.05, 0) is 30.9 Å². The summed E-state index contributed by atoms with van der Waals surface area (Å²) < 4.78 is 0. The molecule has 0 unspecified atom stereocenters. The van der Waals surface area contributed by atoms with E-state index in [1.807, 2.05) is 54.6 Å². The topological polar surface area (TPSA) is 82.9 Å². The molecule has 164 valence electrons. The van der Waals surface area contributed by atoms with E-state index in [4.69, 9.17) is 0 Å². The number of nitrogens with one attached hydrogen (secondary N) is 3. The lowest BCUT2D eigenvalue weighted by atomic mass is 9.93. The fourth-order valence-corrected chi connectivity index (χ4v) is 3.78. The average molecular weight is 424 g/mol. The quantitative estimate of drug-likeness (QED) is 0.524. The highest BCUT2D eigenvalue weighted by Crippen LogP contribution is 2.23. The second kappa shape index (κ2) is 9.75. The van der Waals surface area contributed by atoms with E-state index < -0.39 is 11.6 Å². The summed E-state index contributed by atoms with van der Waals surface area (Å²) in [6.07, 6.45) is 1.13. The number of carbonyl (C=O) groups is 3. The van der Waals surface area contributed by atoms with E-state index in [9.17, 15) is 14.4 Å². The molecule has 0 aromatic heterocycles. The number of carbonyl (C=O) groups excluding carboxylic acids is 3. The van der Waals surface area contributed by atoms with Crippen molar-refractivity contribution in [3.8, 4) is 0 Å². The highest BCUT2D eigenvalue weighted by atomic mass is 16.2. The van der Waals surface area contributed by atoms with Gasteiger partial charge < -0.3 is 15.5 Å². The van der Waals surface area contributed by atoms with Crippen molar-refractivity contribution in [2.45, 2.75) is 38.4 Å². The molecule has 1 aliphatic heterocycles. The molecular weight excluding hydrogens is 392 g/mol. The number of rotatable bonds is 9. The van der Waals surface area contributed by atoms with E-state index in [-0.39, 0.29) is 18.4 Å². The summed E-state index contributed by atoms with van der Waals surface area (Å²) in [5, 5.41) is 5.61. The van der Waals surface area contributed by atoms with Gasteiger partial charge >= 0.3 is 6.03 Å². The van der Waals surface area contributed by atoms with Gasteiger partial charge in [-0.1, -0.05) is 54.6 Å². The summed E-state index contributed by atoms with van der Waals surface area (Å²) in [7, 11) is 4.14. The van der Waals surface area contributed by atoms with Gasteiger partial charge in [-0.25, -0.2) is 4.79 Å². The van der Waals surface area contributed by atoms with Crippen LogP contribution < -0.4 is 15.5 Å². The number of aryl methyl sites for hydroxylation is 1. The standard InChI is InChI=1S/C24H30N4O3/c1-24(14-13-18-9-5-4-6-10-18)22(30)28(23(31)26-24)17-21(29)25-15-19-11-7-8-12-20(19)16-27(2)3/h4-12H,13-17H2,1-3H3,(H,25,29)(H,26,31)/p+1/t24-/m0/s1. The number of nitrogens with zero attached hydrogens (tertiary/aromatic N) is 1. The summed E-state index contributed by atoms with van der Waals surface area (Å²) in [6, 6.07) is 17.2. The smallest absolute Gasteiger partial charge is 0.325 e. The molecule has 7 heteroatoms. The van der Waals surface area contributed by atoms with Crippen molar-refractivity contribution in [1.29, 1.82) is 0 Å². The van der Waals surface area contributed by atoms with Gasteiger partial charge in [-0.2, -0.15) is 0 Å². The number of benzene rings is 2. The third kappa shape index (κ3) is 5.70. The van der Waals surface area contributed by atoms with E-state index in [1.54, 1.807) is 6.92 Å². The Labute approximate surface area is 183 Å². The fraction of sp³-hybridized carbons (Fsp3) is 0.375. The molecular formula is C24H31N4O3+. The van der Waals surface area contributed by atoms with Gasteiger partial charge in [0.2, 0.25) is 5.91 Å². The number of amides is 4. The maximum Gasteiger partial charge on any atom is 0.325 e. The first-order valence-corrected chi connectivity index (χ1v) is 10.6. The maximum atomic E-state index is 12.9. The molecule has 4 amide bonds. The van der Waals surface area contributed by atoms with Crippen LogP contribution in [0.25, 0.3) is 0 Å². The molecule has 3 rings (SSSR count). The molecule has 1 heterocycles. The second-order valence-electron chi connectivity index (χ2n) is 8.57. The van der Waals surface area contributed by atoms with Crippen LogP contribution in [0.4, 0.5) is 4.79 Å². The predicted octanol–water partition coefficient (Wildman–Crippen LogP) is 0.891. The Hall–Kier alpha value is -3.19. The van der Waals surface area contributed by atoms with Gasteiger partial charge in [-0.3, -0.25) is 14.5 Å². The normalized spacial score (nSPS) is 18.4. The molecule has 1 atom stereocenters. The first-order chi connectivity index (χ1) is 14.8. The molecule has 0 bridgehead atoms. The minimum atomic E-state index is -1.01. The molecule has 1 saturated heterocycles. The molecule has 7 nitrogen and oxygen atoms in total. The van der Waals surface area contributed by atoms with Gasteiger partial charge in [0.05, 0.1) is 14.1 Å². The highest BCUT2D eigenvalue weighted by molar-refractivity contribution is 6.08. The lowest BCUT2D eigenvalue weighted by Gasteiger charge is -2.21. The summed E-state index contributed by atoms with van der Waals surface area (Å²) in [6.45, 7) is 2.64. The third-order valence-electron chi connectivity index (χ3n) is 5.54. The van der Waals surface area contributed by atoms with Gasteiger partial charge in [0, 0.05) is 12.1 Å². The predicted molar refractivity (Wildman–Crippen MR) is 118 cm³/mol. The highest BCUT2D eigenvalue weighted by Gasteiger charge is 2.47. The number of hydrogen-bond donors (Lipinski definition) is 3. The van der Waals surface area contributed by atoms with E-state index in [0.717, 1.165) is 28.1 Å². The van der Waals surface area contributed by atoms with Crippen LogP contribution >= 0.6 is 0 Å². The molecule has 0 radical (unpaired) electrons. The molecule has 3 N–H and O–H groups in total. The summed E-state index contributed by atoms with van der Waals surface area (Å²) in [5.41, 5.74) is 2.28. The number of urea groups is 1. The Balaban J connectivity index is 1.56. The van der Waals surface area contributed by atoms with Crippen molar-refractivity contribution < 1.29 is 19.3 Å².